The minimum absolute atomic E-state index is 0.0814. The van der Waals surface area contributed by atoms with Crippen LogP contribution in [0.3, 0.4) is 0 Å². The standard InChI is InChI=1S/C17H10F3N5O/c18-17(19,20)11-6-7-14(22-9-11)13(8-21)16(26)15-10-23-25(24-15)12-4-2-1-3-5-12/h1-7,9-10,13H. The Morgan fingerprint density at radius 3 is 2.42 bits per heavy atom. The maximum absolute atomic E-state index is 12.6. The molecule has 0 saturated heterocycles. The van der Waals surface area contributed by atoms with Gasteiger partial charge in [0.05, 0.1) is 29.2 Å². The Labute approximate surface area is 145 Å². The molecular weight excluding hydrogens is 347 g/mol. The first-order valence-corrected chi connectivity index (χ1v) is 7.35. The zero-order valence-electron chi connectivity index (χ0n) is 13.1. The number of hydrogen-bond acceptors (Lipinski definition) is 5. The van der Waals surface area contributed by atoms with Crippen LogP contribution < -0.4 is 0 Å². The Morgan fingerprint density at radius 1 is 1.12 bits per heavy atom. The van der Waals surface area contributed by atoms with E-state index in [0.29, 0.717) is 11.9 Å². The second kappa shape index (κ2) is 6.76. The van der Waals surface area contributed by atoms with Crippen LogP contribution in [0.4, 0.5) is 13.2 Å². The zero-order chi connectivity index (χ0) is 18.7. The minimum atomic E-state index is -4.55. The maximum atomic E-state index is 12.6. The molecule has 0 bridgehead atoms. The normalized spacial score (nSPS) is 12.4. The lowest BCUT2D eigenvalue weighted by molar-refractivity contribution is -0.137. The predicted octanol–water partition coefficient (Wildman–Crippen LogP) is 3.17. The molecule has 0 spiro atoms. The summed E-state index contributed by atoms with van der Waals surface area (Å²) in [7, 11) is 0. The van der Waals surface area contributed by atoms with Crippen molar-refractivity contribution in [2.75, 3.05) is 0 Å². The van der Waals surface area contributed by atoms with E-state index in [0.717, 1.165) is 12.1 Å². The molecule has 1 aromatic carbocycles. The molecular formula is C17H10F3N5O. The molecule has 0 amide bonds. The number of ketones is 1. The van der Waals surface area contributed by atoms with E-state index in [2.05, 4.69) is 15.2 Å². The van der Waals surface area contributed by atoms with Gasteiger partial charge in [-0.15, -0.1) is 5.10 Å². The average molecular weight is 357 g/mol. The summed E-state index contributed by atoms with van der Waals surface area (Å²) in [6, 6.07) is 12.3. The summed E-state index contributed by atoms with van der Waals surface area (Å²) >= 11 is 0. The fourth-order valence-corrected chi connectivity index (χ4v) is 2.21. The van der Waals surface area contributed by atoms with Crippen molar-refractivity contribution < 1.29 is 18.0 Å². The summed E-state index contributed by atoms with van der Waals surface area (Å²) in [5.74, 6) is -2.07. The number of nitrogens with zero attached hydrogens (tertiary/aromatic N) is 5. The van der Waals surface area contributed by atoms with Crippen LogP contribution in [-0.2, 0) is 6.18 Å². The van der Waals surface area contributed by atoms with Gasteiger partial charge in [-0.25, -0.2) is 0 Å². The SMILES string of the molecule is N#CC(C(=O)c1cnn(-c2ccccc2)n1)c1ccc(C(F)(F)F)cn1. The molecule has 0 radical (unpaired) electrons. The van der Waals surface area contributed by atoms with Gasteiger partial charge < -0.3 is 0 Å². The Bertz CT molecular complexity index is 959. The van der Waals surface area contributed by atoms with Gasteiger partial charge in [0.25, 0.3) is 0 Å². The van der Waals surface area contributed by atoms with Gasteiger partial charge in [-0.1, -0.05) is 18.2 Å². The number of carbonyl (C=O) groups excluding carboxylic acids is 1. The van der Waals surface area contributed by atoms with Crippen LogP contribution in [0.1, 0.15) is 27.7 Å². The topological polar surface area (TPSA) is 84.5 Å². The second-order valence-electron chi connectivity index (χ2n) is 5.25. The van der Waals surface area contributed by atoms with Gasteiger partial charge in [0.1, 0.15) is 0 Å². The summed E-state index contributed by atoms with van der Waals surface area (Å²) in [6.45, 7) is 0. The Balaban J connectivity index is 1.86. The molecule has 2 heterocycles. The minimum Gasteiger partial charge on any atom is -0.290 e. The van der Waals surface area contributed by atoms with Crippen LogP contribution in [-0.4, -0.2) is 25.8 Å². The molecule has 0 aliphatic carbocycles. The molecule has 0 N–H and O–H groups in total. The number of Topliss-reactive ketones (excluding diaryl/α,β-unsaturated/α-hetero) is 1. The number of halogens is 3. The van der Waals surface area contributed by atoms with Crippen molar-refractivity contribution in [3.05, 3.63) is 71.8 Å². The van der Waals surface area contributed by atoms with Crippen LogP contribution in [0.15, 0.2) is 54.9 Å². The van der Waals surface area contributed by atoms with Crippen LogP contribution >= 0.6 is 0 Å². The average Bonchev–Trinajstić information content (AvgIpc) is 3.13. The van der Waals surface area contributed by atoms with E-state index >= 15 is 0 Å². The highest BCUT2D eigenvalue weighted by molar-refractivity contribution is 6.00. The van der Waals surface area contributed by atoms with Crippen LogP contribution in [0.2, 0.25) is 0 Å². The zero-order valence-corrected chi connectivity index (χ0v) is 13.1. The van der Waals surface area contributed by atoms with E-state index in [1.165, 1.54) is 11.0 Å². The third kappa shape index (κ3) is 3.44. The van der Waals surface area contributed by atoms with Gasteiger partial charge in [-0.05, 0) is 24.3 Å². The number of benzene rings is 1. The van der Waals surface area contributed by atoms with Crippen molar-refractivity contribution in [2.24, 2.45) is 0 Å². The molecule has 3 rings (SSSR count). The molecule has 130 valence electrons. The van der Waals surface area contributed by atoms with Gasteiger partial charge in [-0.2, -0.15) is 28.3 Å². The third-order valence-electron chi connectivity index (χ3n) is 3.53. The molecule has 26 heavy (non-hydrogen) atoms. The first kappa shape index (κ1) is 17.3. The van der Waals surface area contributed by atoms with Gasteiger partial charge in [-0.3, -0.25) is 9.78 Å². The van der Waals surface area contributed by atoms with E-state index in [-0.39, 0.29) is 11.4 Å². The lowest BCUT2D eigenvalue weighted by Crippen LogP contribution is -2.15. The summed E-state index contributed by atoms with van der Waals surface area (Å²) in [5.41, 5.74) is -0.505. The molecule has 0 aliphatic heterocycles. The predicted molar refractivity (Wildman–Crippen MR) is 83.3 cm³/mol. The molecule has 9 heteroatoms. The molecule has 0 aliphatic rings. The van der Waals surface area contributed by atoms with E-state index in [4.69, 9.17) is 0 Å². The fourth-order valence-electron chi connectivity index (χ4n) is 2.21. The quantitative estimate of drug-likeness (QED) is 0.670. The highest BCUT2D eigenvalue weighted by atomic mass is 19.4. The summed E-state index contributed by atoms with van der Waals surface area (Å²) < 4.78 is 37.8. The van der Waals surface area contributed by atoms with Crippen LogP contribution in [0.5, 0.6) is 0 Å². The van der Waals surface area contributed by atoms with Crippen molar-refractivity contribution in [3.8, 4) is 11.8 Å². The Morgan fingerprint density at radius 2 is 1.85 bits per heavy atom. The number of para-hydroxylation sites is 1. The van der Waals surface area contributed by atoms with E-state index in [9.17, 15) is 23.2 Å². The maximum Gasteiger partial charge on any atom is 0.417 e. The van der Waals surface area contributed by atoms with Crippen LogP contribution in [0.25, 0.3) is 5.69 Å². The van der Waals surface area contributed by atoms with Crippen molar-refractivity contribution in [3.63, 3.8) is 0 Å². The number of alkyl halides is 3. The van der Waals surface area contributed by atoms with Crippen molar-refractivity contribution in [1.29, 1.82) is 5.26 Å². The van der Waals surface area contributed by atoms with Gasteiger partial charge in [0, 0.05) is 6.20 Å². The highest BCUT2D eigenvalue weighted by Gasteiger charge is 2.32. The number of nitriles is 1. The summed E-state index contributed by atoms with van der Waals surface area (Å²) in [6.07, 6.45) is -2.76. The smallest absolute Gasteiger partial charge is 0.290 e. The van der Waals surface area contributed by atoms with Crippen molar-refractivity contribution >= 4 is 5.78 Å². The monoisotopic (exact) mass is 357 g/mol. The highest BCUT2D eigenvalue weighted by Crippen LogP contribution is 2.29. The van der Waals surface area contributed by atoms with Gasteiger partial charge >= 0.3 is 6.18 Å². The third-order valence-corrected chi connectivity index (χ3v) is 3.53. The Kier molecular flexibility index (Phi) is 4.49. The molecule has 3 aromatic rings. The number of carbonyl (C=O) groups is 1. The van der Waals surface area contributed by atoms with Crippen molar-refractivity contribution in [1.82, 2.24) is 20.0 Å². The Hall–Kier alpha value is -3.54. The van der Waals surface area contributed by atoms with E-state index < -0.39 is 23.4 Å². The fraction of sp³-hybridized carbons (Fsp3) is 0.118. The number of hydrogen-bond donors (Lipinski definition) is 0. The molecule has 2 aromatic heterocycles. The van der Waals surface area contributed by atoms with E-state index in [1.54, 1.807) is 36.4 Å². The molecule has 0 fully saturated rings. The number of aromatic nitrogens is 4. The van der Waals surface area contributed by atoms with Crippen molar-refractivity contribution in [2.45, 2.75) is 12.1 Å². The largest absolute Gasteiger partial charge is 0.417 e. The second-order valence-corrected chi connectivity index (χ2v) is 5.25. The van der Waals surface area contributed by atoms with Crippen LogP contribution in [0, 0.1) is 11.3 Å². The van der Waals surface area contributed by atoms with Gasteiger partial charge in [0.15, 0.2) is 11.6 Å². The number of rotatable bonds is 4. The molecule has 6 nitrogen and oxygen atoms in total. The summed E-state index contributed by atoms with van der Waals surface area (Å²) in [4.78, 5) is 17.3. The van der Waals surface area contributed by atoms with Gasteiger partial charge in [0.2, 0.25) is 5.78 Å². The molecule has 1 unspecified atom stereocenters. The molecule has 1 atom stereocenters. The first-order valence-electron chi connectivity index (χ1n) is 7.35. The number of pyridine rings is 1. The molecule has 0 saturated carbocycles. The summed E-state index contributed by atoms with van der Waals surface area (Å²) in [5, 5.41) is 17.3. The lowest BCUT2D eigenvalue weighted by Gasteiger charge is -2.09. The first-order chi connectivity index (χ1) is 12.4. The lowest BCUT2D eigenvalue weighted by atomic mass is 9.99. The van der Waals surface area contributed by atoms with E-state index in [1.807, 2.05) is 0 Å².